The van der Waals surface area contributed by atoms with Gasteiger partial charge in [0.05, 0.1) is 12.2 Å². The molecule has 0 unspecified atom stereocenters. The van der Waals surface area contributed by atoms with E-state index >= 15 is 0 Å². The minimum absolute atomic E-state index is 0.0270. The average molecular weight is 265 g/mol. The van der Waals surface area contributed by atoms with Crippen molar-refractivity contribution in [3.63, 3.8) is 0 Å². The number of aliphatic imine (C=N–C) groups is 1. The number of hydrogen-bond acceptors (Lipinski definition) is 3. The Kier molecular flexibility index (Phi) is 5.15. The second-order valence-electron chi connectivity index (χ2n) is 3.64. The number of nitrogens with two attached hydrogens (primary N) is 2. The number of carbonyl (C=O) groups excluding carboxylic acids is 1. The highest BCUT2D eigenvalue weighted by Crippen LogP contribution is 2.12. The first kappa shape index (κ1) is 14.3. The fraction of sp³-hybridized carbons (Fsp3) is 0.182. The molecule has 7 N–H and O–H groups in total. The average Bonchev–Trinajstić information content (AvgIpc) is 2.35. The lowest BCUT2D eigenvalue weighted by Gasteiger charge is -2.05. The highest BCUT2D eigenvalue weighted by Gasteiger charge is 2.03. The van der Waals surface area contributed by atoms with E-state index in [0.717, 1.165) is 5.56 Å². The molecular formula is C11H15N5O3. The van der Waals surface area contributed by atoms with Crippen molar-refractivity contribution in [1.82, 2.24) is 10.6 Å². The third-order valence-electron chi connectivity index (χ3n) is 2.08. The maximum Gasteiger partial charge on any atom is 0.405 e. The van der Waals surface area contributed by atoms with Crippen LogP contribution in [0.5, 0.6) is 0 Å². The van der Waals surface area contributed by atoms with Gasteiger partial charge in [-0.2, -0.15) is 0 Å². The molecule has 8 nitrogen and oxygen atoms in total. The largest absolute Gasteiger partial charge is 0.465 e. The minimum atomic E-state index is -1.24. The molecule has 0 saturated heterocycles. The van der Waals surface area contributed by atoms with Gasteiger partial charge >= 0.3 is 6.09 Å². The summed E-state index contributed by atoms with van der Waals surface area (Å²) in [6.07, 6.45) is -1.24. The molecule has 8 heteroatoms. The topological polar surface area (TPSA) is 143 Å². The molecule has 0 heterocycles. The number of nitrogens with zero attached hydrogens (tertiary/aromatic N) is 1. The zero-order chi connectivity index (χ0) is 14.3. The molecule has 19 heavy (non-hydrogen) atoms. The number of hydrogen-bond donors (Lipinski definition) is 5. The van der Waals surface area contributed by atoms with Crippen LogP contribution in [0, 0.1) is 0 Å². The number of rotatable bonds is 5. The highest BCUT2D eigenvalue weighted by atomic mass is 16.4. The molecule has 1 aromatic rings. The fourth-order valence-corrected chi connectivity index (χ4v) is 1.26. The van der Waals surface area contributed by atoms with Gasteiger partial charge in [-0.15, -0.1) is 0 Å². The monoisotopic (exact) mass is 265 g/mol. The van der Waals surface area contributed by atoms with Crippen molar-refractivity contribution in [2.45, 2.75) is 6.54 Å². The summed E-state index contributed by atoms with van der Waals surface area (Å²) < 4.78 is 0. The lowest BCUT2D eigenvalue weighted by molar-refractivity contribution is -0.120. The van der Waals surface area contributed by atoms with Crippen molar-refractivity contribution in [3.05, 3.63) is 29.8 Å². The van der Waals surface area contributed by atoms with Crippen LogP contribution < -0.4 is 22.1 Å². The van der Waals surface area contributed by atoms with E-state index in [1.165, 1.54) is 0 Å². The maximum atomic E-state index is 11.2. The molecule has 2 amide bonds. The first-order chi connectivity index (χ1) is 8.97. The molecule has 1 rings (SSSR count). The fourth-order valence-electron chi connectivity index (χ4n) is 1.26. The van der Waals surface area contributed by atoms with Gasteiger partial charge in [-0.25, -0.2) is 9.79 Å². The summed E-state index contributed by atoms with van der Waals surface area (Å²) in [5.74, 6) is -0.434. The Hall–Kier alpha value is -2.77. The van der Waals surface area contributed by atoms with E-state index in [2.05, 4.69) is 10.3 Å². The first-order valence-corrected chi connectivity index (χ1v) is 5.39. The molecule has 0 atom stereocenters. The summed E-state index contributed by atoms with van der Waals surface area (Å²) >= 11 is 0. The van der Waals surface area contributed by atoms with Gasteiger partial charge in [-0.3, -0.25) is 4.79 Å². The summed E-state index contributed by atoms with van der Waals surface area (Å²) in [7, 11) is 0. The molecule has 102 valence electrons. The Bertz CT molecular complexity index is 480. The van der Waals surface area contributed by atoms with Gasteiger partial charge in [-0.05, 0) is 17.7 Å². The number of amides is 2. The van der Waals surface area contributed by atoms with E-state index in [1.54, 1.807) is 24.3 Å². The quantitative estimate of drug-likeness (QED) is 0.359. The van der Waals surface area contributed by atoms with Crippen LogP contribution in [0.15, 0.2) is 29.3 Å². The number of guanidine groups is 1. The van der Waals surface area contributed by atoms with E-state index in [9.17, 15) is 9.59 Å². The van der Waals surface area contributed by atoms with Crippen LogP contribution in [0.3, 0.4) is 0 Å². The zero-order valence-corrected chi connectivity index (χ0v) is 10.1. The predicted molar refractivity (Wildman–Crippen MR) is 69.8 cm³/mol. The number of carboxylic acid groups (broad SMARTS) is 1. The Morgan fingerprint density at radius 1 is 1.16 bits per heavy atom. The van der Waals surface area contributed by atoms with Crippen LogP contribution in [-0.4, -0.2) is 29.6 Å². The molecule has 0 aromatic heterocycles. The van der Waals surface area contributed by atoms with Crippen LogP contribution in [0.2, 0.25) is 0 Å². The first-order valence-electron chi connectivity index (χ1n) is 5.39. The van der Waals surface area contributed by atoms with Gasteiger partial charge in [0.1, 0.15) is 0 Å². The molecule has 0 aliphatic heterocycles. The van der Waals surface area contributed by atoms with E-state index in [-0.39, 0.29) is 12.5 Å². The third-order valence-corrected chi connectivity index (χ3v) is 2.08. The number of benzene rings is 1. The van der Waals surface area contributed by atoms with Gasteiger partial charge in [0.25, 0.3) is 0 Å². The number of carbonyl (C=O) groups is 2. The van der Waals surface area contributed by atoms with Crippen LogP contribution in [0.4, 0.5) is 10.5 Å². The van der Waals surface area contributed by atoms with Crippen molar-refractivity contribution in [2.24, 2.45) is 16.5 Å². The smallest absolute Gasteiger partial charge is 0.405 e. The Balaban J connectivity index is 2.43. The van der Waals surface area contributed by atoms with Crippen molar-refractivity contribution < 1.29 is 14.7 Å². The van der Waals surface area contributed by atoms with Crippen molar-refractivity contribution in [2.75, 3.05) is 6.54 Å². The Morgan fingerprint density at radius 3 is 2.32 bits per heavy atom. The molecule has 0 saturated carbocycles. The summed E-state index contributed by atoms with van der Waals surface area (Å²) in [6.45, 7) is 0.0175. The second kappa shape index (κ2) is 6.84. The van der Waals surface area contributed by atoms with E-state index < -0.39 is 12.0 Å². The molecule has 0 bridgehead atoms. The Labute approximate surface area is 109 Å². The summed E-state index contributed by atoms with van der Waals surface area (Å²) in [6, 6.07) is 6.92. The lowest BCUT2D eigenvalue weighted by atomic mass is 10.2. The Morgan fingerprint density at radius 2 is 1.79 bits per heavy atom. The summed E-state index contributed by atoms with van der Waals surface area (Å²) in [5.41, 5.74) is 11.9. The summed E-state index contributed by atoms with van der Waals surface area (Å²) in [5, 5.41) is 12.9. The molecule has 0 fully saturated rings. The highest BCUT2D eigenvalue weighted by molar-refractivity contribution is 5.81. The van der Waals surface area contributed by atoms with Gasteiger partial charge in [0, 0.05) is 6.54 Å². The normalized spacial score (nSPS) is 9.47. The van der Waals surface area contributed by atoms with E-state index in [0.29, 0.717) is 12.2 Å². The predicted octanol–water partition coefficient (Wildman–Crippen LogP) is -0.525. The van der Waals surface area contributed by atoms with Gasteiger partial charge in [-0.1, -0.05) is 12.1 Å². The van der Waals surface area contributed by atoms with E-state index in [1.807, 2.05) is 5.32 Å². The van der Waals surface area contributed by atoms with E-state index in [4.69, 9.17) is 16.6 Å². The molecule has 0 aliphatic rings. The van der Waals surface area contributed by atoms with Crippen LogP contribution in [0.1, 0.15) is 5.56 Å². The number of nitrogens with one attached hydrogen (secondary N) is 2. The molecule has 1 aromatic carbocycles. The zero-order valence-electron chi connectivity index (χ0n) is 10.1. The van der Waals surface area contributed by atoms with Crippen LogP contribution in [-0.2, 0) is 11.3 Å². The van der Waals surface area contributed by atoms with Crippen molar-refractivity contribution in [3.8, 4) is 0 Å². The van der Waals surface area contributed by atoms with Gasteiger partial charge < -0.3 is 27.2 Å². The second-order valence-corrected chi connectivity index (χ2v) is 3.64. The lowest BCUT2D eigenvalue weighted by Crippen LogP contribution is -2.35. The standard InChI is InChI=1S/C11H15N5O3/c12-10(13)16-8-3-1-7(2-4-8)5-14-9(17)6-15-11(18)19/h1-4,15H,5-6H2,(H,14,17)(H,18,19)(H4,12,13,16). The van der Waals surface area contributed by atoms with Crippen molar-refractivity contribution in [1.29, 1.82) is 0 Å². The summed E-state index contributed by atoms with van der Waals surface area (Å²) in [4.78, 5) is 25.3. The van der Waals surface area contributed by atoms with Crippen LogP contribution >= 0.6 is 0 Å². The third kappa shape index (κ3) is 5.91. The minimum Gasteiger partial charge on any atom is -0.465 e. The maximum absolute atomic E-state index is 11.2. The van der Waals surface area contributed by atoms with Gasteiger partial charge in [0.15, 0.2) is 5.96 Å². The van der Waals surface area contributed by atoms with Gasteiger partial charge in [0.2, 0.25) is 5.91 Å². The molecule has 0 aliphatic carbocycles. The molecule has 0 spiro atoms. The molecular weight excluding hydrogens is 250 g/mol. The van der Waals surface area contributed by atoms with Crippen LogP contribution in [0.25, 0.3) is 0 Å². The SMILES string of the molecule is NC(N)=Nc1ccc(CNC(=O)CNC(=O)O)cc1. The van der Waals surface area contributed by atoms with Crippen molar-refractivity contribution >= 4 is 23.6 Å². The molecule has 0 radical (unpaired) electrons.